The molecule has 1 atom stereocenters. The number of carbonyl (C=O) groups excluding carboxylic acids is 2. The van der Waals surface area contributed by atoms with Crippen molar-refractivity contribution in [2.24, 2.45) is 17.6 Å². The third-order valence-corrected chi connectivity index (χ3v) is 7.57. The summed E-state index contributed by atoms with van der Waals surface area (Å²) in [5, 5.41) is 3.28. The van der Waals surface area contributed by atoms with Gasteiger partial charge in [-0.15, -0.1) is 0 Å². The van der Waals surface area contributed by atoms with E-state index in [0.29, 0.717) is 30.0 Å². The Bertz CT molecular complexity index is 1340. The number of amides is 1. The zero-order valence-electron chi connectivity index (χ0n) is 21.5. The molecule has 0 aliphatic heterocycles. The summed E-state index contributed by atoms with van der Waals surface area (Å²) in [6, 6.07) is 26.6. The van der Waals surface area contributed by atoms with Crippen LogP contribution in [0, 0.1) is 11.8 Å². The van der Waals surface area contributed by atoms with Gasteiger partial charge in [0.1, 0.15) is 5.82 Å². The minimum atomic E-state index is -0.317. The van der Waals surface area contributed by atoms with Crippen LogP contribution < -0.4 is 11.1 Å². The van der Waals surface area contributed by atoms with E-state index in [0.717, 1.165) is 48.3 Å². The van der Waals surface area contributed by atoms with Crippen molar-refractivity contribution < 1.29 is 9.59 Å². The lowest BCUT2D eigenvalue weighted by Gasteiger charge is -2.28. The molecule has 1 heterocycles. The first-order valence-electron chi connectivity index (χ1n) is 13.4. The minimum Gasteiger partial charge on any atom is -0.346 e. The number of ketones is 1. The highest BCUT2D eigenvalue weighted by molar-refractivity contribution is 6.08. The van der Waals surface area contributed by atoms with E-state index < -0.39 is 0 Å². The van der Waals surface area contributed by atoms with Gasteiger partial charge in [0.15, 0.2) is 5.78 Å². The number of rotatable bonds is 9. The predicted molar refractivity (Wildman–Crippen MR) is 149 cm³/mol. The summed E-state index contributed by atoms with van der Waals surface area (Å²) >= 11 is 0. The Hall–Kier alpha value is -4.03. The van der Waals surface area contributed by atoms with Crippen LogP contribution in [-0.4, -0.2) is 28.2 Å². The molecule has 3 aromatic carbocycles. The number of nitrogens with one attached hydrogen (secondary N) is 2. The first-order chi connectivity index (χ1) is 18.6. The zero-order valence-corrected chi connectivity index (χ0v) is 21.5. The van der Waals surface area contributed by atoms with Crippen molar-refractivity contribution in [2.75, 3.05) is 6.54 Å². The Labute approximate surface area is 223 Å². The van der Waals surface area contributed by atoms with Gasteiger partial charge < -0.3 is 16.0 Å². The van der Waals surface area contributed by atoms with E-state index in [4.69, 9.17) is 5.73 Å². The molecule has 38 heavy (non-hydrogen) atoms. The standard InChI is InChI=1S/C32H34N4O2/c33-20-23-13-17-27(18-14-23)32(38)36-28(31-34-21-29(35-31)24-7-3-1-4-8-24)19-22-11-15-26(16-12-22)30(37)25-9-5-2-6-10-25/h1-12,15-16,21,23,27-28H,13-14,17-20,33H2,(H,34,35)(H,36,38)/t23?,27?,28-/m0/s1. The van der Waals surface area contributed by atoms with Crippen molar-refractivity contribution in [1.29, 1.82) is 0 Å². The lowest BCUT2D eigenvalue weighted by Crippen LogP contribution is -2.37. The number of nitrogens with two attached hydrogens (primary N) is 1. The molecule has 194 valence electrons. The van der Waals surface area contributed by atoms with Crippen molar-refractivity contribution in [3.63, 3.8) is 0 Å². The molecular formula is C32H34N4O2. The smallest absolute Gasteiger partial charge is 0.223 e. The lowest BCUT2D eigenvalue weighted by molar-refractivity contribution is -0.127. The quantitative estimate of drug-likeness (QED) is 0.262. The Balaban J connectivity index is 1.34. The Kier molecular flexibility index (Phi) is 8.09. The first-order valence-corrected chi connectivity index (χ1v) is 13.4. The number of imidazole rings is 1. The summed E-state index contributed by atoms with van der Waals surface area (Å²) in [5.41, 5.74) is 10.1. The fourth-order valence-electron chi connectivity index (χ4n) is 5.23. The largest absolute Gasteiger partial charge is 0.346 e. The molecule has 0 saturated heterocycles. The van der Waals surface area contributed by atoms with Crippen molar-refractivity contribution >= 4 is 11.7 Å². The maximum atomic E-state index is 13.3. The number of benzene rings is 3. The number of aromatic amines is 1. The summed E-state index contributed by atoms with van der Waals surface area (Å²) in [5.74, 6) is 1.30. The molecule has 0 spiro atoms. The summed E-state index contributed by atoms with van der Waals surface area (Å²) in [7, 11) is 0. The summed E-state index contributed by atoms with van der Waals surface area (Å²) in [6.07, 6.45) is 6.10. The summed E-state index contributed by atoms with van der Waals surface area (Å²) < 4.78 is 0. The monoisotopic (exact) mass is 506 g/mol. The summed E-state index contributed by atoms with van der Waals surface area (Å²) in [6.45, 7) is 0.689. The van der Waals surface area contributed by atoms with Crippen LogP contribution in [0.25, 0.3) is 11.3 Å². The van der Waals surface area contributed by atoms with Gasteiger partial charge in [0.05, 0.1) is 17.9 Å². The molecule has 4 aromatic rings. The topological polar surface area (TPSA) is 101 Å². The van der Waals surface area contributed by atoms with E-state index in [1.807, 2.05) is 91.1 Å². The molecule has 4 N–H and O–H groups in total. The van der Waals surface area contributed by atoms with Crippen LogP contribution in [0.1, 0.15) is 59.0 Å². The number of nitrogens with zero attached hydrogens (tertiary/aromatic N) is 1. The maximum absolute atomic E-state index is 13.3. The number of hydrogen-bond acceptors (Lipinski definition) is 4. The molecule has 0 radical (unpaired) electrons. The van der Waals surface area contributed by atoms with Crippen LogP contribution in [0.5, 0.6) is 0 Å². The normalized spacial score (nSPS) is 18.0. The van der Waals surface area contributed by atoms with Crippen LogP contribution >= 0.6 is 0 Å². The fraction of sp³-hybridized carbons (Fsp3) is 0.281. The fourth-order valence-corrected chi connectivity index (χ4v) is 5.23. The van der Waals surface area contributed by atoms with Gasteiger partial charge >= 0.3 is 0 Å². The second-order valence-electron chi connectivity index (χ2n) is 10.2. The molecule has 1 aromatic heterocycles. The van der Waals surface area contributed by atoms with Gasteiger partial charge in [0.25, 0.3) is 0 Å². The third-order valence-electron chi connectivity index (χ3n) is 7.57. The highest BCUT2D eigenvalue weighted by Crippen LogP contribution is 2.29. The Morgan fingerprint density at radius 2 is 1.50 bits per heavy atom. The van der Waals surface area contributed by atoms with E-state index in [1.54, 1.807) is 0 Å². The molecule has 6 heteroatoms. The van der Waals surface area contributed by atoms with Crippen LogP contribution in [-0.2, 0) is 11.2 Å². The molecule has 0 unspecified atom stereocenters. The third kappa shape index (κ3) is 6.09. The molecule has 1 aliphatic carbocycles. The van der Waals surface area contributed by atoms with Gasteiger partial charge in [0, 0.05) is 17.0 Å². The van der Waals surface area contributed by atoms with Crippen molar-refractivity contribution in [2.45, 2.75) is 38.1 Å². The van der Waals surface area contributed by atoms with Gasteiger partial charge in [-0.2, -0.15) is 0 Å². The second-order valence-corrected chi connectivity index (χ2v) is 10.2. The zero-order chi connectivity index (χ0) is 26.3. The van der Waals surface area contributed by atoms with Crippen LogP contribution in [0.2, 0.25) is 0 Å². The molecular weight excluding hydrogens is 472 g/mol. The maximum Gasteiger partial charge on any atom is 0.223 e. The van der Waals surface area contributed by atoms with E-state index in [-0.39, 0.29) is 23.7 Å². The number of carbonyl (C=O) groups is 2. The van der Waals surface area contributed by atoms with Gasteiger partial charge in [-0.3, -0.25) is 9.59 Å². The Morgan fingerprint density at radius 3 is 2.16 bits per heavy atom. The minimum absolute atomic E-state index is 0.00488. The predicted octanol–water partition coefficient (Wildman–Crippen LogP) is 5.47. The van der Waals surface area contributed by atoms with Gasteiger partial charge in [-0.25, -0.2) is 4.98 Å². The lowest BCUT2D eigenvalue weighted by atomic mass is 9.81. The van der Waals surface area contributed by atoms with E-state index in [9.17, 15) is 9.59 Å². The summed E-state index contributed by atoms with van der Waals surface area (Å²) in [4.78, 5) is 34.2. The van der Waals surface area contributed by atoms with Crippen molar-refractivity contribution in [3.8, 4) is 11.3 Å². The first kappa shape index (κ1) is 25.6. The molecule has 0 bridgehead atoms. The molecule has 1 saturated carbocycles. The molecule has 6 nitrogen and oxygen atoms in total. The molecule has 1 amide bonds. The van der Waals surface area contributed by atoms with Gasteiger partial charge in [-0.1, -0.05) is 84.9 Å². The van der Waals surface area contributed by atoms with E-state index in [2.05, 4.69) is 15.3 Å². The van der Waals surface area contributed by atoms with Crippen LogP contribution in [0.3, 0.4) is 0 Å². The Morgan fingerprint density at radius 1 is 0.868 bits per heavy atom. The molecule has 1 fully saturated rings. The average molecular weight is 507 g/mol. The van der Waals surface area contributed by atoms with Crippen LogP contribution in [0.15, 0.2) is 91.1 Å². The van der Waals surface area contributed by atoms with Crippen molar-refractivity contribution in [3.05, 3.63) is 114 Å². The molecule has 5 rings (SSSR count). The van der Waals surface area contributed by atoms with E-state index >= 15 is 0 Å². The number of aromatic nitrogens is 2. The number of hydrogen-bond donors (Lipinski definition) is 3. The number of H-pyrrole nitrogens is 1. The van der Waals surface area contributed by atoms with E-state index in [1.165, 1.54) is 0 Å². The average Bonchev–Trinajstić information content (AvgIpc) is 3.48. The second kappa shape index (κ2) is 12.0. The SMILES string of the molecule is NCC1CCC(C(=O)N[C@@H](Cc2ccc(C(=O)c3ccccc3)cc2)c2ncc(-c3ccccc3)[nH]2)CC1. The molecule has 1 aliphatic rings. The van der Waals surface area contributed by atoms with Gasteiger partial charge in [0.2, 0.25) is 5.91 Å². The van der Waals surface area contributed by atoms with Crippen LogP contribution in [0.4, 0.5) is 0 Å². The highest BCUT2D eigenvalue weighted by atomic mass is 16.2. The van der Waals surface area contributed by atoms with Gasteiger partial charge in [-0.05, 0) is 55.7 Å². The van der Waals surface area contributed by atoms with Crippen molar-refractivity contribution in [1.82, 2.24) is 15.3 Å². The highest BCUT2D eigenvalue weighted by Gasteiger charge is 2.28.